The Bertz CT molecular complexity index is 1130. The molecule has 1 amide bonds. The fourth-order valence-corrected chi connectivity index (χ4v) is 5.29. The first-order chi connectivity index (χ1) is 15.8. The average molecular weight is 440 g/mol. The molecule has 2 unspecified atom stereocenters. The zero-order valence-electron chi connectivity index (χ0n) is 17.8. The first kappa shape index (κ1) is 20.7. The van der Waals surface area contributed by atoms with Crippen molar-refractivity contribution in [3.8, 4) is 0 Å². The van der Waals surface area contributed by atoms with Gasteiger partial charge in [-0.25, -0.2) is 9.99 Å². The largest absolute Gasteiger partial charge is 0.272 e. The van der Waals surface area contributed by atoms with E-state index in [1.165, 1.54) is 22.9 Å². The van der Waals surface area contributed by atoms with Crippen LogP contribution >= 0.6 is 11.8 Å². The Balaban J connectivity index is 1.46. The maximum absolute atomic E-state index is 13.4. The minimum atomic E-state index is -0.0532. The molecule has 0 radical (unpaired) electrons. The van der Waals surface area contributed by atoms with Gasteiger partial charge in [0, 0.05) is 12.1 Å². The first-order valence-electron chi connectivity index (χ1n) is 11.0. The molecule has 32 heavy (non-hydrogen) atoms. The maximum Gasteiger partial charge on any atom is 0.253 e. The Kier molecular flexibility index (Phi) is 6.17. The normalized spacial score (nSPS) is 21.3. The van der Waals surface area contributed by atoms with Crippen molar-refractivity contribution in [2.24, 2.45) is 11.0 Å². The zero-order chi connectivity index (χ0) is 21.8. The summed E-state index contributed by atoms with van der Waals surface area (Å²) in [6.45, 7) is 0. The number of fused-ring (bicyclic) bond motifs is 1. The number of carbonyl (C=O) groups excluding carboxylic acids is 1. The van der Waals surface area contributed by atoms with Crippen LogP contribution in [0.4, 0.5) is 0 Å². The molecule has 1 aliphatic heterocycles. The zero-order valence-corrected chi connectivity index (χ0v) is 18.6. The molecule has 5 heteroatoms. The lowest BCUT2D eigenvalue weighted by atomic mass is 9.77. The summed E-state index contributed by atoms with van der Waals surface area (Å²) < 4.78 is 0. The lowest BCUT2D eigenvalue weighted by molar-refractivity contribution is -0.130. The van der Waals surface area contributed by atoms with Gasteiger partial charge in [-0.3, -0.25) is 4.79 Å². The minimum Gasteiger partial charge on any atom is -0.272 e. The van der Waals surface area contributed by atoms with E-state index in [9.17, 15) is 4.79 Å². The molecule has 1 saturated carbocycles. The van der Waals surface area contributed by atoms with Gasteiger partial charge in [-0.15, -0.1) is 0 Å². The van der Waals surface area contributed by atoms with E-state index in [0.29, 0.717) is 5.75 Å². The van der Waals surface area contributed by atoms with Crippen LogP contribution in [0.3, 0.4) is 0 Å². The fraction of sp³-hybridized carbons (Fsp3) is 0.222. The molecule has 0 spiro atoms. The summed E-state index contributed by atoms with van der Waals surface area (Å²) >= 11 is 1.46. The van der Waals surface area contributed by atoms with Crippen LogP contribution in [0.15, 0.2) is 101 Å². The third-order valence-corrected chi connectivity index (χ3v) is 6.95. The number of rotatable bonds is 5. The van der Waals surface area contributed by atoms with Crippen molar-refractivity contribution in [3.63, 3.8) is 0 Å². The molecule has 0 saturated heterocycles. The third-order valence-electron chi connectivity index (χ3n) is 6.02. The molecule has 2 atom stereocenters. The topological polar surface area (TPSA) is 45.6 Å². The van der Waals surface area contributed by atoms with Crippen LogP contribution in [-0.4, -0.2) is 27.4 Å². The van der Waals surface area contributed by atoms with Gasteiger partial charge in [0.2, 0.25) is 0 Å². The second-order valence-corrected chi connectivity index (χ2v) is 9.11. The van der Waals surface area contributed by atoms with Crippen molar-refractivity contribution < 1.29 is 4.79 Å². The number of hydrazone groups is 1. The third kappa shape index (κ3) is 4.39. The second kappa shape index (κ2) is 9.53. The lowest BCUT2D eigenvalue weighted by Crippen LogP contribution is -2.32. The molecule has 5 rings (SSSR count). The smallest absolute Gasteiger partial charge is 0.253 e. The van der Waals surface area contributed by atoms with Crippen LogP contribution in [0.2, 0.25) is 0 Å². The second-order valence-electron chi connectivity index (χ2n) is 8.11. The number of amides is 1. The van der Waals surface area contributed by atoms with Gasteiger partial charge in [-0.2, -0.15) is 5.10 Å². The first-order valence-corrected chi connectivity index (χ1v) is 12.0. The summed E-state index contributed by atoms with van der Waals surface area (Å²) in [7, 11) is 0. The van der Waals surface area contributed by atoms with Crippen molar-refractivity contribution in [3.05, 3.63) is 102 Å². The summed E-state index contributed by atoms with van der Waals surface area (Å²) in [5, 5.41) is 7.55. The highest BCUT2D eigenvalue weighted by molar-refractivity contribution is 7.99. The van der Waals surface area contributed by atoms with E-state index in [2.05, 4.69) is 47.5 Å². The number of carbonyl (C=O) groups is 1. The quantitative estimate of drug-likeness (QED) is 0.458. The number of hydrogen-bond donors (Lipinski definition) is 0. The molecule has 2 aliphatic rings. The maximum atomic E-state index is 13.4. The molecule has 3 aromatic rings. The monoisotopic (exact) mass is 439 g/mol. The molecule has 160 valence electrons. The highest BCUT2D eigenvalue weighted by Crippen LogP contribution is 2.44. The number of allylic oxidation sites excluding steroid dienone is 1. The van der Waals surface area contributed by atoms with Crippen molar-refractivity contribution in [2.75, 3.05) is 5.75 Å². The van der Waals surface area contributed by atoms with E-state index in [1.54, 1.807) is 11.2 Å². The van der Waals surface area contributed by atoms with Gasteiger partial charge in [-0.1, -0.05) is 78.5 Å². The van der Waals surface area contributed by atoms with E-state index < -0.39 is 0 Å². The standard InChI is InChI=1S/C27H25N3OS/c31-25(19-32-24-16-7-8-17-28-24)30-27(21-12-5-2-6-13-21)23-15-9-14-22(26(23)29-30)18-20-10-3-1-4-11-20/h1-8,10-13,16-18,23,27H,9,14-15,19H2/b22-18-. The van der Waals surface area contributed by atoms with Gasteiger partial charge in [0.1, 0.15) is 0 Å². The summed E-state index contributed by atoms with van der Waals surface area (Å²) in [4.78, 5) is 17.7. The number of aromatic nitrogens is 1. The molecule has 1 fully saturated rings. The predicted octanol–water partition coefficient (Wildman–Crippen LogP) is 6.00. The molecule has 1 aromatic heterocycles. The van der Waals surface area contributed by atoms with Crippen LogP contribution in [0.5, 0.6) is 0 Å². The van der Waals surface area contributed by atoms with Gasteiger partial charge in [0.15, 0.2) is 0 Å². The van der Waals surface area contributed by atoms with Crippen molar-refractivity contribution in [2.45, 2.75) is 30.3 Å². The van der Waals surface area contributed by atoms with Crippen molar-refractivity contribution >= 4 is 29.5 Å². The molecule has 0 bridgehead atoms. The number of thioether (sulfide) groups is 1. The molecular formula is C27H25N3OS. The van der Waals surface area contributed by atoms with E-state index >= 15 is 0 Å². The van der Waals surface area contributed by atoms with Crippen molar-refractivity contribution in [1.29, 1.82) is 0 Å². The molecular weight excluding hydrogens is 414 g/mol. The number of hydrogen-bond acceptors (Lipinski definition) is 4. The lowest BCUT2D eigenvalue weighted by Gasteiger charge is -2.29. The molecule has 4 nitrogen and oxygen atoms in total. The predicted molar refractivity (Wildman–Crippen MR) is 130 cm³/mol. The van der Waals surface area contributed by atoms with Crippen LogP contribution < -0.4 is 0 Å². The van der Waals surface area contributed by atoms with Crippen LogP contribution in [0.1, 0.15) is 36.4 Å². The average Bonchev–Trinajstić information content (AvgIpc) is 3.25. The van der Waals surface area contributed by atoms with Gasteiger partial charge in [0.25, 0.3) is 5.91 Å². The van der Waals surface area contributed by atoms with Gasteiger partial charge in [-0.05, 0) is 54.2 Å². The number of pyridine rings is 1. The van der Waals surface area contributed by atoms with Crippen LogP contribution in [-0.2, 0) is 4.79 Å². The number of nitrogens with zero attached hydrogens (tertiary/aromatic N) is 3. The molecule has 2 aromatic carbocycles. The summed E-state index contributed by atoms with van der Waals surface area (Å²) in [5.41, 5.74) is 4.65. The highest BCUT2D eigenvalue weighted by Gasteiger charge is 2.43. The van der Waals surface area contributed by atoms with E-state index in [0.717, 1.165) is 35.6 Å². The molecule has 1 aliphatic carbocycles. The summed E-state index contributed by atoms with van der Waals surface area (Å²) in [6.07, 6.45) is 7.14. The van der Waals surface area contributed by atoms with Crippen LogP contribution in [0.25, 0.3) is 6.08 Å². The number of benzene rings is 2. The SMILES string of the molecule is O=C(CSc1ccccn1)N1N=C2/C(=C\c3ccccc3)CCCC2C1c1ccccc1. The van der Waals surface area contributed by atoms with Crippen LogP contribution in [0, 0.1) is 5.92 Å². The highest BCUT2D eigenvalue weighted by atomic mass is 32.2. The Morgan fingerprint density at radius 2 is 1.75 bits per heavy atom. The molecule has 2 heterocycles. The van der Waals surface area contributed by atoms with E-state index in [-0.39, 0.29) is 17.9 Å². The Morgan fingerprint density at radius 1 is 1.00 bits per heavy atom. The molecule has 0 N–H and O–H groups in total. The van der Waals surface area contributed by atoms with E-state index in [1.807, 2.05) is 42.5 Å². The van der Waals surface area contributed by atoms with Gasteiger partial charge < -0.3 is 0 Å². The van der Waals surface area contributed by atoms with E-state index in [4.69, 9.17) is 5.10 Å². The summed E-state index contributed by atoms with van der Waals surface area (Å²) in [5.74, 6) is 0.571. The Labute approximate surface area is 193 Å². The van der Waals surface area contributed by atoms with Crippen molar-refractivity contribution in [1.82, 2.24) is 9.99 Å². The van der Waals surface area contributed by atoms with Gasteiger partial charge in [0.05, 0.1) is 22.5 Å². The minimum absolute atomic E-state index is 0.0236. The fourth-order valence-electron chi connectivity index (χ4n) is 4.58. The Hall–Kier alpha value is -3.18. The summed E-state index contributed by atoms with van der Waals surface area (Å²) in [6, 6.07) is 26.4. The van der Waals surface area contributed by atoms with Gasteiger partial charge >= 0.3 is 0 Å². The Morgan fingerprint density at radius 3 is 2.50 bits per heavy atom.